The molecule has 0 heterocycles. The Balaban J connectivity index is 1.42. The van der Waals surface area contributed by atoms with E-state index in [4.69, 9.17) is 0 Å². The first-order chi connectivity index (χ1) is 22.7. The van der Waals surface area contributed by atoms with E-state index in [9.17, 15) is 0 Å². The van der Waals surface area contributed by atoms with E-state index in [-0.39, 0.29) is 5.41 Å². The van der Waals surface area contributed by atoms with E-state index in [0.29, 0.717) is 0 Å². The Morgan fingerprint density at radius 3 is 1.49 bits per heavy atom. The summed E-state index contributed by atoms with van der Waals surface area (Å²) < 4.78 is 0. The van der Waals surface area contributed by atoms with E-state index in [0.717, 1.165) is 0 Å². The highest BCUT2D eigenvalue weighted by Crippen LogP contribution is 2.51. The summed E-state index contributed by atoms with van der Waals surface area (Å²) >= 11 is 0. The predicted octanol–water partition coefficient (Wildman–Crippen LogP) is 12.4. The summed E-state index contributed by atoms with van der Waals surface area (Å²) in [6.07, 6.45) is 0. The molecule has 0 atom stereocenters. The fourth-order valence-corrected chi connectivity index (χ4v) is 10.0. The summed E-state index contributed by atoms with van der Waals surface area (Å²) in [6, 6.07) is 52.7. The zero-order valence-corrected chi connectivity index (χ0v) is 28.8. The van der Waals surface area contributed by atoms with E-state index in [1.54, 1.807) is 0 Å². The predicted molar refractivity (Wildman–Crippen MR) is 207 cm³/mol. The molecule has 0 N–H and O–H groups in total. The van der Waals surface area contributed by atoms with Crippen LogP contribution in [0.1, 0.15) is 25.0 Å². The second-order valence-electron chi connectivity index (χ2n) is 14.9. The van der Waals surface area contributed by atoms with Crippen molar-refractivity contribution in [3.05, 3.63) is 151 Å². The van der Waals surface area contributed by atoms with Gasteiger partial charge in [-0.15, -0.1) is 0 Å². The van der Waals surface area contributed by atoms with E-state index in [1.165, 1.54) is 93.1 Å². The largest absolute Gasteiger partial charge is 0.0784 e. The van der Waals surface area contributed by atoms with E-state index >= 15 is 0 Å². The molecule has 0 spiro atoms. The molecule has 226 valence electrons. The Hall–Kier alpha value is -4.98. The molecule has 0 amide bonds. The second-order valence-corrected chi connectivity index (χ2v) is 20.0. The van der Waals surface area contributed by atoms with Crippen molar-refractivity contribution in [3.63, 3.8) is 0 Å². The van der Waals surface area contributed by atoms with Crippen molar-refractivity contribution in [1.82, 2.24) is 0 Å². The van der Waals surface area contributed by atoms with Gasteiger partial charge >= 0.3 is 0 Å². The molecule has 1 aliphatic rings. The minimum absolute atomic E-state index is 0.0508. The fraction of sp³-hybridized carbons (Fsp3) is 0.130. The Labute approximate surface area is 278 Å². The summed E-state index contributed by atoms with van der Waals surface area (Å²) in [6.45, 7) is 12.2. The highest BCUT2D eigenvalue weighted by molar-refractivity contribution is 6.90. The van der Waals surface area contributed by atoms with Crippen molar-refractivity contribution >= 4 is 45.6 Å². The van der Waals surface area contributed by atoms with Gasteiger partial charge in [0.05, 0.1) is 8.07 Å². The highest BCUT2D eigenvalue weighted by atomic mass is 28.3. The topological polar surface area (TPSA) is 0 Å². The maximum absolute atomic E-state index is 2.52. The van der Waals surface area contributed by atoms with Gasteiger partial charge in [-0.25, -0.2) is 0 Å². The van der Waals surface area contributed by atoms with Gasteiger partial charge in [-0.05, 0) is 100 Å². The Morgan fingerprint density at radius 2 is 0.872 bits per heavy atom. The van der Waals surface area contributed by atoms with E-state index in [2.05, 4.69) is 173 Å². The maximum atomic E-state index is 2.52. The minimum atomic E-state index is -1.70. The lowest BCUT2D eigenvalue weighted by atomic mass is 9.80. The average Bonchev–Trinajstić information content (AvgIpc) is 3.32. The SMILES string of the molecule is CC1(C)c2ccccc2-c2ccc(-c3cc(-c4ccccc4)c4ccc5c(-c6ccccc6)cc([Si](C)(C)C)c6ccc3c4c56)cc21. The van der Waals surface area contributed by atoms with Gasteiger partial charge in [0, 0.05) is 5.41 Å². The van der Waals surface area contributed by atoms with Crippen molar-refractivity contribution in [2.75, 3.05) is 0 Å². The monoisotopic (exact) mass is 618 g/mol. The Kier molecular flexibility index (Phi) is 6.02. The van der Waals surface area contributed by atoms with Crippen LogP contribution in [0.3, 0.4) is 0 Å². The lowest BCUT2D eigenvalue weighted by molar-refractivity contribution is 0.660. The molecule has 0 saturated carbocycles. The smallest absolute Gasteiger partial charge is 0.0656 e. The van der Waals surface area contributed by atoms with Gasteiger partial charge in [0.2, 0.25) is 0 Å². The number of benzene rings is 8. The van der Waals surface area contributed by atoms with Gasteiger partial charge in [0.25, 0.3) is 0 Å². The molecule has 0 bridgehead atoms. The second kappa shape index (κ2) is 10.0. The lowest BCUT2D eigenvalue weighted by Gasteiger charge is -2.26. The highest BCUT2D eigenvalue weighted by Gasteiger charge is 2.35. The average molecular weight is 619 g/mol. The molecular formula is C46H38Si. The molecule has 0 radical (unpaired) electrons. The minimum Gasteiger partial charge on any atom is -0.0656 e. The van der Waals surface area contributed by atoms with Crippen LogP contribution in [-0.4, -0.2) is 8.07 Å². The molecule has 0 aliphatic heterocycles. The van der Waals surface area contributed by atoms with Crippen molar-refractivity contribution < 1.29 is 0 Å². The quantitative estimate of drug-likeness (QED) is 0.136. The first kappa shape index (κ1) is 28.3. The third-order valence-electron chi connectivity index (χ3n) is 10.8. The third kappa shape index (κ3) is 4.13. The van der Waals surface area contributed by atoms with Crippen LogP contribution in [0.4, 0.5) is 0 Å². The van der Waals surface area contributed by atoms with Crippen LogP contribution < -0.4 is 5.19 Å². The fourth-order valence-electron chi connectivity index (χ4n) is 8.44. The van der Waals surface area contributed by atoms with Crippen LogP contribution in [0.15, 0.2) is 140 Å². The summed E-state index contributed by atoms with van der Waals surface area (Å²) in [5.74, 6) is 0. The van der Waals surface area contributed by atoms with Crippen molar-refractivity contribution in [1.29, 1.82) is 0 Å². The molecule has 1 aliphatic carbocycles. The zero-order valence-electron chi connectivity index (χ0n) is 27.8. The summed E-state index contributed by atoms with van der Waals surface area (Å²) in [5.41, 5.74) is 13.3. The zero-order chi connectivity index (χ0) is 32.1. The van der Waals surface area contributed by atoms with Crippen molar-refractivity contribution in [2.24, 2.45) is 0 Å². The van der Waals surface area contributed by atoms with Crippen LogP contribution in [0.2, 0.25) is 19.6 Å². The Morgan fingerprint density at radius 1 is 0.383 bits per heavy atom. The first-order valence-electron chi connectivity index (χ1n) is 16.9. The third-order valence-corrected chi connectivity index (χ3v) is 12.8. The molecule has 47 heavy (non-hydrogen) atoms. The Bertz CT molecular complexity index is 2500. The van der Waals surface area contributed by atoms with Gasteiger partial charge in [0.1, 0.15) is 0 Å². The molecular weight excluding hydrogens is 581 g/mol. The van der Waals surface area contributed by atoms with Gasteiger partial charge in [0.15, 0.2) is 0 Å². The standard InChI is InChI=1S/C46H38Si/c1-46(2)41-19-13-12-18-32(41)33-21-20-31(26-42(33)46)39-27-38(29-14-8-6-9-15-29)34-22-23-36-40(30-16-10-7-11-17-30)28-43(47(3,4)5)37-25-24-35(39)44(34)45(36)37/h6-28H,1-5H3. The van der Waals surface area contributed by atoms with Gasteiger partial charge in [-0.3, -0.25) is 0 Å². The first-order valence-corrected chi connectivity index (χ1v) is 20.4. The molecule has 0 nitrogen and oxygen atoms in total. The van der Waals surface area contributed by atoms with Crippen molar-refractivity contribution in [2.45, 2.75) is 38.9 Å². The van der Waals surface area contributed by atoms with Crippen LogP contribution in [0.5, 0.6) is 0 Å². The summed E-state index contributed by atoms with van der Waals surface area (Å²) in [4.78, 5) is 0. The number of hydrogen-bond donors (Lipinski definition) is 0. The molecule has 8 aromatic rings. The van der Waals surface area contributed by atoms with Crippen LogP contribution in [0, 0.1) is 0 Å². The number of rotatable bonds is 4. The van der Waals surface area contributed by atoms with Gasteiger partial charge in [-0.2, -0.15) is 0 Å². The molecule has 0 aromatic heterocycles. The van der Waals surface area contributed by atoms with Crippen LogP contribution >= 0.6 is 0 Å². The van der Waals surface area contributed by atoms with Gasteiger partial charge < -0.3 is 0 Å². The molecule has 0 fully saturated rings. The molecule has 0 unspecified atom stereocenters. The maximum Gasteiger partial charge on any atom is 0.0784 e. The molecule has 0 saturated heterocycles. The van der Waals surface area contributed by atoms with Gasteiger partial charge in [-0.1, -0.05) is 166 Å². The molecule has 9 rings (SSSR count). The number of hydrogen-bond acceptors (Lipinski definition) is 0. The normalized spacial score (nSPS) is 13.8. The molecule has 1 heteroatoms. The molecule has 8 aromatic carbocycles. The number of fused-ring (bicyclic) bond motifs is 3. The van der Waals surface area contributed by atoms with E-state index < -0.39 is 8.07 Å². The van der Waals surface area contributed by atoms with Crippen LogP contribution in [0.25, 0.3) is 76.8 Å². The lowest BCUT2D eigenvalue weighted by Crippen LogP contribution is -2.38. The summed E-state index contributed by atoms with van der Waals surface area (Å²) in [5, 5.41) is 9.74. The van der Waals surface area contributed by atoms with E-state index in [1.807, 2.05) is 0 Å². The summed E-state index contributed by atoms with van der Waals surface area (Å²) in [7, 11) is -1.70. The van der Waals surface area contributed by atoms with Crippen LogP contribution in [-0.2, 0) is 5.41 Å². The van der Waals surface area contributed by atoms with Crippen molar-refractivity contribution in [3.8, 4) is 44.5 Å².